The van der Waals surface area contributed by atoms with Gasteiger partial charge in [0.1, 0.15) is 0 Å². The molecule has 0 amide bonds. The Balaban J connectivity index is 1.99. The van der Waals surface area contributed by atoms with Crippen molar-refractivity contribution < 1.29 is 0 Å². The molecule has 0 aliphatic rings. The van der Waals surface area contributed by atoms with Gasteiger partial charge in [-0.1, -0.05) is 12.1 Å². The lowest BCUT2D eigenvalue weighted by Crippen LogP contribution is -1.71. The van der Waals surface area contributed by atoms with Gasteiger partial charge in [-0.05, 0) is 47.8 Å². The molecule has 0 fully saturated rings. The molecule has 2 aromatic heterocycles. The maximum atomic E-state index is 4.54. The van der Waals surface area contributed by atoms with Crippen LogP contribution in [-0.4, -0.2) is 9.97 Å². The third-order valence-corrected chi connectivity index (χ3v) is 4.23. The zero-order valence-electron chi connectivity index (χ0n) is 8.73. The highest BCUT2D eigenvalue weighted by Crippen LogP contribution is 2.30. The zero-order valence-corrected chi connectivity index (χ0v) is 10.4. The summed E-state index contributed by atoms with van der Waals surface area (Å²) in [4.78, 5) is 7.88. The van der Waals surface area contributed by atoms with Crippen molar-refractivity contribution in [1.82, 2.24) is 9.97 Å². The van der Waals surface area contributed by atoms with Crippen LogP contribution in [0.1, 0.15) is 5.56 Å². The van der Waals surface area contributed by atoms with Crippen LogP contribution in [0, 0.1) is 6.92 Å². The second-order valence-electron chi connectivity index (χ2n) is 3.60. The van der Waals surface area contributed by atoms with Crippen LogP contribution in [0.4, 0.5) is 0 Å². The topological polar surface area (TPSA) is 28.7 Å². The molecule has 0 aliphatic heterocycles. The summed E-state index contributed by atoms with van der Waals surface area (Å²) >= 11 is 3.41. The van der Waals surface area contributed by atoms with E-state index in [4.69, 9.17) is 0 Å². The summed E-state index contributed by atoms with van der Waals surface area (Å²) in [6.45, 7) is 2.09. The number of rotatable bonds is 2. The largest absolute Gasteiger partial charge is 0.333 e. The van der Waals surface area contributed by atoms with Gasteiger partial charge in [0.15, 0.2) is 5.16 Å². The maximum absolute atomic E-state index is 4.54. The number of aromatic nitrogens is 2. The molecule has 0 bridgehead atoms. The van der Waals surface area contributed by atoms with Gasteiger partial charge in [-0.15, -0.1) is 11.3 Å². The Morgan fingerprint density at radius 2 is 2.25 bits per heavy atom. The number of H-pyrrole nitrogens is 1. The number of fused-ring (bicyclic) bond motifs is 1. The predicted octanol–water partition coefficient (Wildman–Crippen LogP) is 4.08. The molecule has 2 heterocycles. The van der Waals surface area contributed by atoms with Gasteiger partial charge in [0.05, 0.1) is 15.2 Å². The third-order valence-electron chi connectivity index (χ3n) is 2.31. The lowest BCUT2D eigenvalue weighted by molar-refractivity contribution is 1.08. The summed E-state index contributed by atoms with van der Waals surface area (Å²) in [5, 5.41) is 3.04. The fourth-order valence-electron chi connectivity index (χ4n) is 1.57. The number of hydrogen-bond donors (Lipinski definition) is 1. The van der Waals surface area contributed by atoms with E-state index < -0.39 is 0 Å². The average Bonchev–Trinajstić information content (AvgIpc) is 2.86. The molecule has 0 atom stereocenters. The molecule has 16 heavy (non-hydrogen) atoms. The molecule has 0 saturated heterocycles. The lowest BCUT2D eigenvalue weighted by atomic mass is 10.2. The van der Waals surface area contributed by atoms with E-state index in [-0.39, 0.29) is 0 Å². The van der Waals surface area contributed by atoms with Crippen molar-refractivity contribution in [2.75, 3.05) is 0 Å². The van der Waals surface area contributed by atoms with Crippen molar-refractivity contribution in [3.05, 3.63) is 41.3 Å². The van der Waals surface area contributed by atoms with E-state index >= 15 is 0 Å². The van der Waals surface area contributed by atoms with Crippen LogP contribution in [0.5, 0.6) is 0 Å². The smallest absolute Gasteiger partial charge is 0.172 e. The number of imidazole rings is 1. The first-order valence-electron chi connectivity index (χ1n) is 4.99. The van der Waals surface area contributed by atoms with Gasteiger partial charge in [-0.3, -0.25) is 0 Å². The number of aromatic amines is 1. The summed E-state index contributed by atoms with van der Waals surface area (Å²) in [7, 11) is 0. The minimum Gasteiger partial charge on any atom is -0.333 e. The Morgan fingerprint density at radius 1 is 1.31 bits per heavy atom. The van der Waals surface area contributed by atoms with Gasteiger partial charge in [0, 0.05) is 0 Å². The third kappa shape index (κ3) is 1.86. The van der Waals surface area contributed by atoms with Crippen molar-refractivity contribution >= 4 is 34.1 Å². The van der Waals surface area contributed by atoms with Crippen molar-refractivity contribution in [2.45, 2.75) is 16.3 Å². The lowest BCUT2D eigenvalue weighted by Gasteiger charge is -1.90. The standard InChI is InChI=1S/C12H10N2S2/c1-8-4-5-9-10(7-8)14-12(13-9)16-11-3-2-6-15-11/h2-7H,1H3,(H,13,14). The van der Waals surface area contributed by atoms with E-state index in [1.54, 1.807) is 23.1 Å². The van der Waals surface area contributed by atoms with Crippen LogP contribution in [-0.2, 0) is 0 Å². The summed E-state index contributed by atoms with van der Waals surface area (Å²) in [6, 6.07) is 10.4. The van der Waals surface area contributed by atoms with Gasteiger partial charge in [-0.25, -0.2) is 4.98 Å². The highest BCUT2D eigenvalue weighted by molar-refractivity contribution is 8.01. The molecular formula is C12H10N2S2. The first kappa shape index (κ1) is 9.93. The van der Waals surface area contributed by atoms with Crippen LogP contribution >= 0.6 is 23.1 Å². The van der Waals surface area contributed by atoms with E-state index in [1.165, 1.54) is 9.77 Å². The number of thiophene rings is 1. The first-order chi connectivity index (χ1) is 7.81. The van der Waals surface area contributed by atoms with Crippen LogP contribution in [0.25, 0.3) is 11.0 Å². The molecule has 3 aromatic rings. The number of nitrogens with one attached hydrogen (secondary N) is 1. The number of aryl methyl sites for hydroxylation is 1. The highest BCUT2D eigenvalue weighted by Gasteiger charge is 2.04. The van der Waals surface area contributed by atoms with Crippen molar-refractivity contribution in [1.29, 1.82) is 0 Å². The Labute approximate surface area is 102 Å². The van der Waals surface area contributed by atoms with E-state index in [2.05, 4.69) is 52.6 Å². The molecule has 0 radical (unpaired) electrons. The molecule has 2 nitrogen and oxygen atoms in total. The minimum atomic E-state index is 0.961. The van der Waals surface area contributed by atoms with Crippen molar-refractivity contribution in [3.63, 3.8) is 0 Å². The molecular weight excluding hydrogens is 236 g/mol. The Hall–Kier alpha value is -1.26. The quantitative estimate of drug-likeness (QED) is 0.738. The van der Waals surface area contributed by atoms with Crippen LogP contribution in [0.15, 0.2) is 45.1 Å². The molecule has 1 aromatic carbocycles. The van der Waals surface area contributed by atoms with Crippen LogP contribution < -0.4 is 0 Å². The number of nitrogens with zero attached hydrogens (tertiary/aromatic N) is 1. The average molecular weight is 246 g/mol. The second kappa shape index (κ2) is 3.96. The molecule has 0 saturated carbocycles. The monoisotopic (exact) mass is 246 g/mol. The van der Waals surface area contributed by atoms with Crippen molar-refractivity contribution in [3.8, 4) is 0 Å². The normalized spacial score (nSPS) is 11.1. The molecule has 4 heteroatoms. The molecule has 0 aliphatic carbocycles. The van der Waals surface area contributed by atoms with Gasteiger partial charge in [-0.2, -0.15) is 0 Å². The summed E-state index contributed by atoms with van der Waals surface area (Å²) < 4.78 is 1.26. The van der Waals surface area contributed by atoms with E-state index in [0.29, 0.717) is 0 Å². The first-order valence-corrected chi connectivity index (χ1v) is 6.68. The summed E-state index contributed by atoms with van der Waals surface area (Å²) in [6.07, 6.45) is 0. The fourth-order valence-corrected chi connectivity index (χ4v) is 3.25. The van der Waals surface area contributed by atoms with E-state index in [9.17, 15) is 0 Å². The molecule has 1 N–H and O–H groups in total. The van der Waals surface area contributed by atoms with Crippen LogP contribution in [0.2, 0.25) is 0 Å². The Morgan fingerprint density at radius 3 is 3.06 bits per heavy atom. The van der Waals surface area contributed by atoms with Gasteiger partial charge in [0.25, 0.3) is 0 Å². The molecule has 3 rings (SSSR count). The minimum absolute atomic E-state index is 0.961. The SMILES string of the molecule is Cc1ccc2nc(Sc3cccs3)[nH]c2c1. The summed E-state index contributed by atoms with van der Waals surface area (Å²) in [5.74, 6) is 0. The Bertz CT molecular complexity index is 611. The highest BCUT2D eigenvalue weighted by atomic mass is 32.2. The van der Waals surface area contributed by atoms with E-state index in [1.807, 2.05) is 0 Å². The molecule has 80 valence electrons. The van der Waals surface area contributed by atoms with Crippen LogP contribution in [0.3, 0.4) is 0 Å². The van der Waals surface area contributed by atoms with Gasteiger partial charge in [0.2, 0.25) is 0 Å². The predicted molar refractivity (Wildman–Crippen MR) is 69.3 cm³/mol. The fraction of sp³-hybridized carbons (Fsp3) is 0.0833. The number of hydrogen-bond acceptors (Lipinski definition) is 3. The van der Waals surface area contributed by atoms with Gasteiger partial charge < -0.3 is 4.98 Å². The maximum Gasteiger partial charge on any atom is 0.172 e. The van der Waals surface area contributed by atoms with Crippen molar-refractivity contribution in [2.24, 2.45) is 0 Å². The second-order valence-corrected chi connectivity index (χ2v) is 5.83. The van der Waals surface area contributed by atoms with Gasteiger partial charge >= 0.3 is 0 Å². The van der Waals surface area contributed by atoms with E-state index in [0.717, 1.165) is 16.2 Å². The molecule has 0 spiro atoms. The summed E-state index contributed by atoms with van der Waals surface area (Å²) in [5.41, 5.74) is 3.40. The number of benzene rings is 1. The zero-order chi connectivity index (χ0) is 11.0. The molecule has 0 unspecified atom stereocenters. The Kier molecular flexibility index (Phi) is 2.46.